The predicted molar refractivity (Wildman–Crippen MR) is 146 cm³/mol. The highest BCUT2D eigenvalue weighted by molar-refractivity contribution is 14.2. The zero-order valence-corrected chi connectivity index (χ0v) is 20.4. The van der Waals surface area contributed by atoms with Crippen LogP contribution in [0.2, 0.25) is 0 Å². The number of carbonyl (C=O) groups is 1. The molecule has 0 amide bonds. The lowest BCUT2D eigenvalue weighted by Gasteiger charge is -2.26. The topological polar surface area (TPSA) is 52.9 Å². The molecule has 4 rings (SSSR count). The van der Waals surface area contributed by atoms with Crippen molar-refractivity contribution in [2.24, 2.45) is 4.99 Å². The summed E-state index contributed by atoms with van der Waals surface area (Å²) < 4.78 is 4.29. The molecule has 4 nitrogen and oxygen atoms in total. The molecule has 6 heteroatoms. The number of benzene rings is 2. The Morgan fingerprint density at radius 3 is 2.67 bits per heavy atom. The van der Waals surface area contributed by atoms with Crippen LogP contribution in [0.25, 0.3) is 6.08 Å². The molecule has 164 valence electrons. The third-order valence-corrected chi connectivity index (χ3v) is 7.99. The molecule has 0 aromatic heterocycles. The maximum Gasteiger partial charge on any atom is 0.181 e. The Labute approximate surface area is 206 Å². The molecule has 0 atom stereocenters. The smallest absolute Gasteiger partial charge is 0.181 e. The van der Waals surface area contributed by atoms with Crippen LogP contribution >= 0.6 is 21.0 Å². The fourth-order valence-electron chi connectivity index (χ4n) is 3.60. The Morgan fingerprint density at radius 2 is 1.88 bits per heavy atom. The minimum absolute atomic E-state index is 0.0253. The highest BCUT2D eigenvalue weighted by Gasteiger charge is 2.24. The molecular weight excluding hydrogens is 522 g/mol. The molecule has 0 aliphatic carbocycles. The van der Waals surface area contributed by atoms with E-state index in [0.29, 0.717) is 23.0 Å². The van der Waals surface area contributed by atoms with Crippen molar-refractivity contribution in [1.82, 2.24) is 3.11 Å². The van der Waals surface area contributed by atoms with E-state index in [1.165, 1.54) is 0 Å². The molecule has 0 spiro atoms. The van der Waals surface area contributed by atoms with Gasteiger partial charge >= 0.3 is 0 Å². The van der Waals surface area contributed by atoms with Crippen LogP contribution in [0.3, 0.4) is 0 Å². The van der Waals surface area contributed by atoms with Gasteiger partial charge in [-0.1, -0.05) is 55.1 Å². The molecule has 2 aliphatic rings. The van der Waals surface area contributed by atoms with Gasteiger partial charge in [-0.05, 0) is 70.6 Å². The van der Waals surface area contributed by atoms with Crippen LogP contribution in [-0.2, 0) is 4.79 Å². The van der Waals surface area contributed by atoms with Gasteiger partial charge in [-0.3, -0.25) is 7.91 Å². The van der Waals surface area contributed by atoms with E-state index >= 15 is 0 Å². The number of aromatic hydroxyl groups is 1. The van der Waals surface area contributed by atoms with Crippen LogP contribution < -0.4 is 0 Å². The summed E-state index contributed by atoms with van der Waals surface area (Å²) in [6, 6.07) is 17.0. The lowest BCUT2D eigenvalue weighted by Crippen LogP contribution is -2.18. The number of carbonyl (C=O) groups excluding carboxylic acids is 1. The number of allylic oxidation sites excluding steroid dienone is 5. The summed E-state index contributed by atoms with van der Waals surface area (Å²) in [5.41, 5.74) is 4.90. The van der Waals surface area contributed by atoms with E-state index in [9.17, 15) is 9.90 Å². The summed E-state index contributed by atoms with van der Waals surface area (Å²) in [6.45, 7) is 3.98. The first kappa shape index (κ1) is 23.2. The van der Waals surface area contributed by atoms with Gasteiger partial charge in [0.15, 0.2) is 5.78 Å². The van der Waals surface area contributed by atoms with Gasteiger partial charge in [-0.15, -0.1) is 0 Å². The number of hydrogen-bond donors (Lipinski definition) is 1. The standard InChI is InChI=1S/C27H24BIN2O2/c1-19(25(32)16-15-20-10-3-2-4-11-20)9-5-6-12-21-17-24(22-13-7-8-14-26(22)33)30-27-23(28)18-29-31(21)27/h2-4,7-8,10-11,13-18,33H,1,5-6,9,12H2/b16-15+. The van der Waals surface area contributed by atoms with Crippen molar-refractivity contribution in [3.63, 3.8) is 0 Å². The molecule has 2 heterocycles. The first-order valence-electron chi connectivity index (χ1n) is 10.8. The number of aliphatic imine (C=N–C) groups is 1. The average molecular weight is 546 g/mol. The molecule has 2 aromatic rings. The first-order chi connectivity index (χ1) is 16.0. The predicted octanol–water partition coefficient (Wildman–Crippen LogP) is 5.82. The molecular formula is C27H24BIN2O2. The zero-order valence-electron chi connectivity index (χ0n) is 18.2. The number of ketones is 1. The number of phenolic OH excluding ortho intramolecular Hbond substituents is 1. The normalized spacial score (nSPS) is 15.2. The van der Waals surface area contributed by atoms with Crippen LogP contribution in [0.5, 0.6) is 5.75 Å². The van der Waals surface area contributed by atoms with Crippen LogP contribution in [0.4, 0.5) is 0 Å². The Balaban J connectivity index is 1.36. The molecule has 1 N–H and O–H groups in total. The van der Waals surface area contributed by atoms with Crippen LogP contribution in [0, 0.1) is 0 Å². The van der Waals surface area contributed by atoms with Crippen molar-refractivity contribution in [3.05, 3.63) is 107 Å². The second-order valence-electron chi connectivity index (χ2n) is 7.84. The van der Waals surface area contributed by atoms with Crippen molar-refractivity contribution in [3.8, 4) is 5.75 Å². The van der Waals surface area contributed by atoms with Crippen LogP contribution in [-0.4, -0.2) is 31.6 Å². The van der Waals surface area contributed by atoms with Gasteiger partial charge in [0.1, 0.15) is 19.4 Å². The molecule has 33 heavy (non-hydrogen) atoms. The van der Waals surface area contributed by atoms with Crippen molar-refractivity contribution in [1.29, 1.82) is 0 Å². The SMILES string of the molecule is [B]C1=C2N=C(c3ccccc3O)C=C(CCCCC(=C)C(=O)/C=C/c3ccccc3)N2I=C1. The molecule has 2 aromatic carbocycles. The zero-order chi connectivity index (χ0) is 23.2. The van der Waals surface area contributed by atoms with E-state index in [4.69, 9.17) is 12.8 Å². The van der Waals surface area contributed by atoms with E-state index in [1.807, 2.05) is 54.6 Å². The van der Waals surface area contributed by atoms with Gasteiger partial charge in [0.25, 0.3) is 0 Å². The van der Waals surface area contributed by atoms with Crippen molar-refractivity contribution in [2.45, 2.75) is 25.7 Å². The number of para-hydroxylation sites is 1. The summed E-state index contributed by atoms with van der Waals surface area (Å²) in [5.74, 6) is 0.960. The Bertz CT molecular complexity index is 1230. The van der Waals surface area contributed by atoms with Crippen LogP contribution in [0.15, 0.2) is 101 Å². The van der Waals surface area contributed by atoms with Gasteiger partial charge in [0.2, 0.25) is 0 Å². The van der Waals surface area contributed by atoms with Gasteiger partial charge in [0, 0.05) is 32.3 Å². The van der Waals surface area contributed by atoms with Crippen molar-refractivity contribution in [2.75, 3.05) is 0 Å². The number of halogens is 1. The molecule has 0 bridgehead atoms. The maximum atomic E-state index is 12.4. The minimum atomic E-state index is -0.380. The third kappa shape index (κ3) is 5.68. The first-order valence-corrected chi connectivity index (χ1v) is 13.0. The summed E-state index contributed by atoms with van der Waals surface area (Å²) >= 11 is -0.380. The largest absolute Gasteiger partial charge is 0.507 e. The highest BCUT2D eigenvalue weighted by Crippen LogP contribution is 2.37. The van der Waals surface area contributed by atoms with Crippen LogP contribution in [0.1, 0.15) is 36.8 Å². The molecule has 0 saturated heterocycles. The van der Waals surface area contributed by atoms with E-state index in [-0.39, 0.29) is 32.5 Å². The monoisotopic (exact) mass is 546 g/mol. The lowest BCUT2D eigenvalue weighted by atomic mass is 9.96. The molecule has 0 saturated carbocycles. The summed E-state index contributed by atoms with van der Waals surface area (Å²) in [5, 5.41) is 10.3. The number of unbranched alkanes of at least 4 members (excludes halogenated alkanes) is 1. The number of nitrogens with zero attached hydrogens (tertiary/aromatic N) is 2. The lowest BCUT2D eigenvalue weighted by molar-refractivity contribution is -0.111. The Kier molecular flexibility index (Phi) is 7.55. The van der Waals surface area contributed by atoms with Gasteiger partial charge in [-0.25, -0.2) is 4.99 Å². The van der Waals surface area contributed by atoms with Gasteiger partial charge in [-0.2, -0.15) is 0 Å². The molecule has 2 aliphatic heterocycles. The quantitative estimate of drug-likeness (QED) is 0.142. The Hall–Kier alpha value is -3.00. The fourth-order valence-corrected chi connectivity index (χ4v) is 5.84. The highest BCUT2D eigenvalue weighted by atomic mass is 127. The van der Waals surface area contributed by atoms with E-state index in [1.54, 1.807) is 18.2 Å². The number of fused-ring (bicyclic) bond motifs is 1. The second-order valence-corrected chi connectivity index (χ2v) is 9.98. The maximum absolute atomic E-state index is 12.4. The van der Waals surface area contributed by atoms with Crippen molar-refractivity contribution >= 4 is 50.4 Å². The third-order valence-electron chi connectivity index (χ3n) is 5.41. The van der Waals surface area contributed by atoms with Gasteiger partial charge < -0.3 is 5.11 Å². The number of phenols is 1. The summed E-state index contributed by atoms with van der Waals surface area (Å²) in [4.78, 5) is 17.1. The number of hydrogen-bond acceptors (Lipinski definition) is 4. The number of rotatable bonds is 9. The second kappa shape index (κ2) is 10.7. The summed E-state index contributed by atoms with van der Waals surface area (Å²) in [6.07, 6.45) is 8.77. The molecule has 0 fully saturated rings. The van der Waals surface area contributed by atoms with E-state index < -0.39 is 0 Å². The summed E-state index contributed by atoms with van der Waals surface area (Å²) in [7, 11) is 6.19. The molecule has 2 radical (unpaired) electrons. The molecule has 0 unspecified atom stereocenters. The van der Waals surface area contributed by atoms with Crippen molar-refractivity contribution < 1.29 is 9.90 Å². The fraction of sp³-hybridized carbons (Fsp3) is 0.148. The van der Waals surface area contributed by atoms with E-state index in [0.717, 1.165) is 42.1 Å². The average Bonchev–Trinajstić information content (AvgIpc) is 3.21. The Morgan fingerprint density at radius 1 is 1.12 bits per heavy atom. The minimum Gasteiger partial charge on any atom is -0.507 e. The van der Waals surface area contributed by atoms with E-state index in [2.05, 4.69) is 13.7 Å². The van der Waals surface area contributed by atoms with Gasteiger partial charge in [0.05, 0.1) is 5.71 Å².